The number of nitrogens with zero attached hydrogens (tertiary/aromatic N) is 3. The Balaban J connectivity index is 1.42. The molecular formula is C35H28Cl2F3N5O7. The number of allylic oxidation sites excluding steroid dienone is 2. The number of benzene rings is 2. The summed E-state index contributed by atoms with van der Waals surface area (Å²) < 4.78 is 45.8. The van der Waals surface area contributed by atoms with Gasteiger partial charge in [0.25, 0.3) is 11.8 Å². The summed E-state index contributed by atoms with van der Waals surface area (Å²) in [7, 11) is 0. The van der Waals surface area contributed by atoms with E-state index in [9.17, 15) is 37.5 Å². The van der Waals surface area contributed by atoms with Gasteiger partial charge in [0.15, 0.2) is 5.82 Å². The SMILES string of the molecule is NC(=O)N1C(=O)[C@H]2[C@H](CC=C3[C@H]2C[C@H]2C(=O)N(Nc4ncc(C(F)(F)F)cc4Cl)C(=O)[C@@]2(c2ccc(Cl)cc2)[C@H]3c2ccc(OCCO)cc2)C1=O. The third-order valence-electron chi connectivity index (χ3n) is 10.4. The quantitative estimate of drug-likeness (QED) is 0.225. The number of aliphatic hydroxyl groups is 1. The van der Waals surface area contributed by atoms with E-state index < -0.39 is 87.2 Å². The first-order valence-corrected chi connectivity index (χ1v) is 16.8. The number of aliphatic hydroxyl groups excluding tert-OH is 1. The smallest absolute Gasteiger partial charge is 0.417 e. The van der Waals surface area contributed by atoms with Crippen LogP contribution in [0.5, 0.6) is 5.75 Å². The monoisotopic (exact) mass is 757 g/mol. The van der Waals surface area contributed by atoms with Crippen molar-refractivity contribution in [3.05, 3.63) is 99.2 Å². The van der Waals surface area contributed by atoms with Crippen molar-refractivity contribution in [2.75, 3.05) is 18.6 Å². The van der Waals surface area contributed by atoms with E-state index in [1.54, 1.807) is 54.6 Å². The van der Waals surface area contributed by atoms with Crippen LogP contribution in [0.4, 0.5) is 23.8 Å². The van der Waals surface area contributed by atoms with E-state index in [0.717, 1.165) is 0 Å². The number of imide groups is 4. The predicted molar refractivity (Wildman–Crippen MR) is 177 cm³/mol. The van der Waals surface area contributed by atoms with Crippen molar-refractivity contribution in [2.24, 2.45) is 29.4 Å². The first kappa shape index (κ1) is 35.4. The van der Waals surface area contributed by atoms with Gasteiger partial charge in [-0.25, -0.2) is 9.78 Å². The molecule has 1 aromatic heterocycles. The molecular weight excluding hydrogens is 730 g/mol. The molecule has 0 unspecified atom stereocenters. The maximum atomic E-state index is 15.1. The molecule has 2 saturated heterocycles. The van der Waals surface area contributed by atoms with Crippen LogP contribution in [0.25, 0.3) is 0 Å². The van der Waals surface area contributed by atoms with E-state index in [0.29, 0.717) is 49.6 Å². The van der Waals surface area contributed by atoms with E-state index in [4.69, 9.17) is 33.7 Å². The second-order valence-electron chi connectivity index (χ2n) is 12.9. The molecule has 270 valence electrons. The number of fused-ring (bicyclic) bond motifs is 4. The molecule has 7 rings (SSSR count). The highest BCUT2D eigenvalue weighted by Gasteiger charge is 2.70. The molecule has 3 aromatic rings. The molecule has 52 heavy (non-hydrogen) atoms. The van der Waals surface area contributed by atoms with Crippen LogP contribution in [0, 0.1) is 23.7 Å². The number of rotatable bonds is 7. The van der Waals surface area contributed by atoms with Crippen molar-refractivity contribution >= 4 is 58.7 Å². The van der Waals surface area contributed by atoms with Crippen LogP contribution < -0.4 is 15.9 Å². The fourth-order valence-electron chi connectivity index (χ4n) is 8.29. The van der Waals surface area contributed by atoms with Crippen LogP contribution in [0.15, 0.2) is 72.4 Å². The minimum Gasteiger partial charge on any atom is -0.491 e. The molecule has 0 radical (unpaired) electrons. The van der Waals surface area contributed by atoms with E-state index in [2.05, 4.69) is 10.4 Å². The number of hydrazine groups is 1. The Labute approximate surface area is 303 Å². The number of likely N-dealkylation sites (tertiary alicyclic amines) is 1. The number of pyridine rings is 1. The van der Waals surface area contributed by atoms with Gasteiger partial charge in [0.2, 0.25) is 11.8 Å². The van der Waals surface area contributed by atoms with Gasteiger partial charge in [0, 0.05) is 17.1 Å². The molecule has 2 aromatic carbocycles. The normalized spacial score (nSPS) is 26.9. The summed E-state index contributed by atoms with van der Waals surface area (Å²) in [4.78, 5) is 73.2. The average Bonchev–Trinajstić information content (AvgIpc) is 3.49. The van der Waals surface area contributed by atoms with Crippen molar-refractivity contribution in [3.8, 4) is 5.75 Å². The van der Waals surface area contributed by atoms with Gasteiger partial charge in [0.05, 0.1) is 40.4 Å². The summed E-state index contributed by atoms with van der Waals surface area (Å²) in [5.41, 5.74) is 6.56. The summed E-state index contributed by atoms with van der Waals surface area (Å²) >= 11 is 12.5. The number of ether oxygens (including phenoxy) is 1. The summed E-state index contributed by atoms with van der Waals surface area (Å²) in [5.74, 6) is -8.19. The fraction of sp³-hybridized carbons (Fsp3) is 0.314. The first-order chi connectivity index (χ1) is 24.7. The minimum absolute atomic E-state index is 0.0104. The van der Waals surface area contributed by atoms with Crippen LogP contribution in [0.1, 0.15) is 35.4 Å². The lowest BCUT2D eigenvalue weighted by atomic mass is 9.49. The average molecular weight is 759 g/mol. The number of halogens is 5. The number of nitrogens with one attached hydrogen (secondary N) is 1. The van der Waals surface area contributed by atoms with Crippen molar-refractivity contribution in [1.82, 2.24) is 14.9 Å². The van der Waals surface area contributed by atoms with Gasteiger partial charge in [-0.1, -0.05) is 59.1 Å². The number of urea groups is 1. The van der Waals surface area contributed by atoms with Gasteiger partial charge in [-0.15, -0.1) is 0 Å². The summed E-state index contributed by atoms with van der Waals surface area (Å²) in [6.07, 6.45) is -2.59. The molecule has 2 aliphatic carbocycles. The Bertz CT molecular complexity index is 2050. The van der Waals surface area contributed by atoms with Crippen LogP contribution in [-0.4, -0.2) is 62.9 Å². The fourth-order valence-corrected chi connectivity index (χ4v) is 8.63. The lowest BCUT2D eigenvalue weighted by Crippen LogP contribution is -2.53. The molecule has 12 nitrogen and oxygen atoms in total. The summed E-state index contributed by atoms with van der Waals surface area (Å²) in [6.45, 7) is -0.230. The number of carbonyl (C=O) groups excluding carboxylic acids is 5. The molecule has 6 amide bonds. The van der Waals surface area contributed by atoms with Crippen LogP contribution >= 0.6 is 23.2 Å². The van der Waals surface area contributed by atoms with Crippen molar-refractivity contribution in [3.63, 3.8) is 0 Å². The molecule has 17 heteroatoms. The van der Waals surface area contributed by atoms with Crippen LogP contribution in [0.2, 0.25) is 10.0 Å². The van der Waals surface area contributed by atoms with Crippen molar-refractivity contribution in [2.45, 2.75) is 30.4 Å². The number of alkyl halides is 3. The standard InChI is InChI=1S/C35H28Cl2F3N5O7/c36-19-5-3-17(4-6-19)34-24(30(48)45(32(34)50)43-28-25(37)13-18(15-42-28)35(38,39)40)14-23-21(27(34)16-1-7-20(8-2-16)52-12-11-46)9-10-22-26(23)31(49)44(29(22)47)33(41)51/h1-9,13,15,22-24,26-27,46H,10-12,14H2,(H2,41,51)(H,42,43)/t22-,23+,24-,26-,27-,34+/m0/s1. The molecule has 4 aliphatic rings. The Morgan fingerprint density at radius 2 is 1.71 bits per heavy atom. The van der Waals surface area contributed by atoms with Crippen molar-refractivity contribution < 1.29 is 47.0 Å². The molecule has 0 spiro atoms. The highest BCUT2D eigenvalue weighted by atomic mass is 35.5. The number of carbonyl (C=O) groups is 5. The molecule has 2 aliphatic heterocycles. The van der Waals surface area contributed by atoms with Gasteiger partial charge in [-0.05, 0) is 60.2 Å². The maximum absolute atomic E-state index is 15.1. The van der Waals surface area contributed by atoms with Gasteiger partial charge < -0.3 is 15.6 Å². The number of aromatic nitrogens is 1. The predicted octanol–water partition coefficient (Wildman–Crippen LogP) is 4.84. The Morgan fingerprint density at radius 1 is 1.02 bits per heavy atom. The number of hydrogen-bond donors (Lipinski definition) is 3. The van der Waals surface area contributed by atoms with Gasteiger partial charge in [0.1, 0.15) is 12.4 Å². The largest absolute Gasteiger partial charge is 0.491 e. The lowest BCUT2D eigenvalue weighted by molar-refractivity contribution is -0.140. The van der Waals surface area contributed by atoms with E-state index >= 15 is 4.79 Å². The number of anilines is 1. The number of primary amides is 1. The zero-order valence-corrected chi connectivity index (χ0v) is 28.3. The number of nitrogens with two attached hydrogens (primary N) is 1. The van der Waals surface area contributed by atoms with Crippen molar-refractivity contribution in [1.29, 1.82) is 0 Å². The summed E-state index contributed by atoms with van der Waals surface area (Å²) in [5, 5.41) is 9.75. The van der Waals surface area contributed by atoms with Gasteiger partial charge in [-0.2, -0.15) is 23.1 Å². The third kappa shape index (κ3) is 5.40. The highest BCUT2D eigenvalue weighted by molar-refractivity contribution is 6.33. The Kier molecular flexibility index (Phi) is 8.78. The lowest BCUT2D eigenvalue weighted by Gasteiger charge is -2.50. The molecule has 3 heterocycles. The third-order valence-corrected chi connectivity index (χ3v) is 10.9. The topological polar surface area (TPSA) is 172 Å². The zero-order chi connectivity index (χ0) is 37.3. The zero-order valence-electron chi connectivity index (χ0n) is 26.8. The minimum atomic E-state index is -4.76. The number of hydrogen-bond acceptors (Lipinski definition) is 9. The second-order valence-corrected chi connectivity index (χ2v) is 13.8. The van der Waals surface area contributed by atoms with E-state index in [-0.39, 0.29) is 26.1 Å². The second kappa shape index (κ2) is 12.9. The molecule has 3 fully saturated rings. The number of amides is 6. The Hall–Kier alpha value is -4.99. The van der Waals surface area contributed by atoms with Crippen LogP contribution in [0.3, 0.4) is 0 Å². The molecule has 0 bridgehead atoms. The van der Waals surface area contributed by atoms with Crippen LogP contribution in [-0.2, 0) is 30.8 Å². The highest BCUT2D eigenvalue weighted by Crippen LogP contribution is 2.64. The van der Waals surface area contributed by atoms with E-state index in [1.165, 1.54) is 0 Å². The van der Waals surface area contributed by atoms with Gasteiger partial charge >= 0.3 is 12.2 Å². The molecule has 4 N–H and O–H groups in total. The Morgan fingerprint density at radius 3 is 2.33 bits per heavy atom. The maximum Gasteiger partial charge on any atom is 0.417 e. The molecule has 1 saturated carbocycles. The molecule has 6 atom stereocenters. The summed E-state index contributed by atoms with van der Waals surface area (Å²) in [6, 6.07) is 12.3. The van der Waals surface area contributed by atoms with E-state index in [1.807, 2.05) is 0 Å². The first-order valence-electron chi connectivity index (χ1n) is 16.0. The van der Waals surface area contributed by atoms with Gasteiger partial charge in [-0.3, -0.25) is 24.6 Å².